The van der Waals surface area contributed by atoms with Gasteiger partial charge in [0.15, 0.2) is 0 Å². The number of halogens is 1. The van der Waals surface area contributed by atoms with E-state index in [0.29, 0.717) is 29.9 Å². The first-order valence-corrected chi connectivity index (χ1v) is 8.33. The van der Waals surface area contributed by atoms with Crippen molar-refractivity contribution in [2.45, 2.75) is 33.3 Å². The SMILES string of the molecule is CCOc1cccc(-c2cc3c(cc2F)[C@H](OC(N)=O)C(C)(C)C3)c1. The first-order chi connectivity index (χ1) is 11.8. The molecule has 25 heavy (non-hydrogen) atoms. The van der Waals surface area contributed by atoms with Crippen LogP contribution in [0.1, 0.15) is 38.0 Å². The molecule has 2 aromatic carbocycles. The van der Waals surface area contributed by atoms with Crippen LogP contribution < -0.4 is 10.5 Å². The molecule has 3 rings (SSSR count). The van der Waals surface area contributed by atoms with E-state index in [2.05, 4.69) is 0 Å². The monoisotopic (exact) mass is 343 g/mol. The molecule has 1 aliphatic rings. The van der Waals surface area contributed by atoms with Gasteiger partial charge in [-0.3, -0.25) is 0 Å². The van der Waals surface area contributed by atoms with Crippen LogP contribution >= 0.6 is 0 Å². The predicted octanol–water partition coefficient (Wildman–Crippen LogP) is 4.61. The molecule has 4 nitrogen and oxygen atoms in total. The van der Waals surface area contributed by atoms with Gasteiger partial charge in [-0.2, -0.15) is 0 Å². The molecular formula is C20H22FNO3. The number of amides is 1. The second kappa shape index (κ2) is 6.39. The third-order valence-electron chi connectivity index (χ3n) is 4.56. The van der Waals surface area contributed by atoms with Crippen LogP contribution in [0.4, 0.5) is 9.18 Å². The second-order valence-corrected chi connectivity index (χ2v) is 6.97. The molecule has 0 aliphatic heterocycles. The number of hydrogen-bond acceptors (Lipinski definition) is 3. The van der Waals surface area contributed by atoms with E-state index in [9.17, 15) is 9.18 Å². The lowest BCUT2D eigenvalue weighted by Crippen LogP contribution is -2.25. The van der Waals surface area contributed by atoms with Crippen molar-refractivity contribution in [3.63, 3.8) is 0 Å². The molecule has 5 heteroatoms. The fourth-order valence-electron chi connectivity index (χ4n) is 3.52. The molecule has 0 unspecified atom stereocenters. The molecule has 2 N–H and O–H groups in total. The van der Waals surface area contributed by atoms with Crippen molar-refractivity contribution in [3.8, 4) is 16.9 Å². The van der Waals surface area contributed by atoms with Gasteiger partial charge in [0, 0.05) is 11.0 Å². The lowest BCUT2D eigenvalue weighted by atomic mass is 9.87. The quantitative estimate of drug-likeness (QED) is 0.882. The summed E-state index contributed by atoms with van der Waals surface area (Å²) in [5, 5.41) is 0. The van der Waals surface area contributed by atoms with E-state index in [0.717, 1.165) is 11.1 Å². The zero-order valence-electron chi connectivity index (χ0n) is 14.6. The Labute approximate surface area is 146 Å². The van der Waals surface area contributed by atoms with Gasteiger partial charge in [-0.25, -0.2) is 9.18 Å². The Bertz CT molecular complexity index is 817. The highest BCUT2D eigenvalue weighted by Gasteiger charge is 2.42. The lowest BCUT2D eigenvalue weighted by molar-refractivity contribution is 0.0391. The van der Waals surface area contributed by atoms with Gasteiger partial charge in [0.1, 0.15) is 17.7 Å². The molecule has 0 saturated carbocycles. The maximum atomic E-state index is 14.8. The molecule has 0 spiro atoms. The minimum Gasteiger partial charge on any atom is -0.494 e. The average Bonchev–Trinajstić information content (AvgIpc) is 2.77. The highest BCUT2D eigenvalue weighted by molar-refractivity contribution is 5.69. The fourth-order valence-corrected chi connectivity index (χ4v) is 3.52. The minimum absolute atomic E-state index is 0.338. The summed E-state index contributed by atoms with van der Waals surface area (Å²) in [5.74, 6) is 0.346. The molecule has 0 heterocycles. The molecule has 1 atom stereocenters. The number of fused-ring (bicyclic) bond motifs is 1. The first-order valence-electron chi connectivity index (χ1n) is 8.33. The minimum atomic E-state index is -0.847. The molecule has 0 radical (unpaired) electrons. The summed E-state index contributed by atoms with van der Waals surface area (Å²) in [6.45, 7) is 6.42. The zero-order valence-corrected chi connectivity index (χ0v) is 14.6. The van der Waals surface area contributed by atoms with Gasteiger partial charge in [0.2, 0.25) is 0 Å². The summed E-state index contributed by atoms with van der Waals surface area (Å²) in [4.78, 5) is 11.2. The van der Waals surface area contributed by atoms with Crippen LogP contribution in [0.2, 0.25) is 0 Å². The highest BCUT2D eigenvalue weighted by Crippen LogP contribution is 2.48. The topological polar surface area (TPSA) is 61.6 Å². The summed E-state index contributed by atoms with van der Waals surface area (Å²) in [6, 6.07) is 10.7. The zero-order chi connectivity index (χ0) is 18.2. The summed E-state index contributed by atoms with van der Waals surface area (Å²) in [6.07, 6.45) is -0.711. The number of benzene rings is 2. The van der Waals surface area contributed by atoms with Gasteiger partial charge in [0.05, 0.1) is 6.61 Å². The van der Waals surface area contributed by atoms with Crippen molar-refractivity contribution in [1.29, 1.82) is 0 Å². The lowest BCUT2D eigenvalue weighted by Gasteiger charge is -2.26. The number of carbonyl (C=O) groups is 1. The van der Waals surface area contributed by atoms with Crippen LogP contribution in [0.3, 0.4) is 0 Å². The molecule has 0 aromatic heterocycles. The number of nitrogens with two attached hydrogens (primary N) is 1. The summed E-state index contributed by atoms with van der Waals surface area (Å²) >= 11 is 0. The Morgan fingerprint density at radius 1 is 1.32 bits per heavy atom. The van der Waals surface area contributed by atoms with Crippen molar-refractivity contribution in [2.24, 2.45) is 11.1 Å². The largest absolute Gasteiger partial charge is 0.494 e. The fraction of sp³-hybridized carbons (Fsp3) is 0.350. The summed E-state index contributed by atoms with van der Waals surface area (Å²) < 4.78 is 25.6. The smallest absolute Gasteiger partial charge is 0.405 e. The number of carbonyl (C=O) groups excluding carboxylic acids is 1. The van der Waals surface area contributed by atoms with Crippen LogP contribution in [0.5, 0.6) is 5.75 Å². The Hall–Kier alpha value is -2.56. The standard InChI is InChI=1S/C20H22FNO3/c1-4-24-14-7-5-6-12(8-14)15-9-13-11-20(2,3)18(25-19(22)23)16(13)10-17(15)21/h5-10,18H,4,11H2,1-3H3,(H2,22,23)/t18-/m0/s1. The third-order valence-corrected chi connectivity index (χ3v) is 4.56. The predicted molar refractivity (Wildman–Crippen MR) is 93.9 cm³/mol. The van der Waals surface area contributed by atoms with E-state index in [1.165, 1.54) is 6.07 Å². The van der Waals surface area contributed by atoms with Gasteiger partial charge in [-0.1, -0.05) is 26.0 Å². The Morgan fingerprint density at radius 3 is 2.76 bits per heavy atom. The average molecular weight is 343 g/mol. The van der Waals surface area contributed by atoms with E-state index >= 15 is 0 Å². The van der Waals surface area contributed by atoms with Gasteiger partial charge < -0.3 is 15.2 Å². The van der Waals surface area contributed by atoms with Gasteiger partial charge in [-0.05, 0) is 54.3 Å². The van der Waals surface area contributed by atoms with Crippen molar-refractivity contribution < 1.29 is 18.7 Å². The second-order valence-electron chi connectivity index (χ2n) is 6.97. The maximum absolute atomic E-state index is 14.8. The molecule has 0 fully saturated rings. The van der Waals surface area contributed by atoms with Crippen molar-refractivity contribution in [2.75, 3.05) is 6.61 Å². The van der Waals surface area contributed by atoms with E-state index in [1.807, 2.05) is 51.1 Å². The number of ether oxygens (including phenoxy) is 2. The summed E-state index contributed by atoms with van der Waals surface area (Å²) in [7, 11) is 0. The van der Waals surface area contributed by atoms with Crippen LogP contribution in [-0.2, 0) is 11.2 Å². The molecule has 0 bridgehead atoms. The van der Waals surface area contributed by atoms with Crippen LogP contribution in [0, 0.1) is 11.2 Å². The van der Waals surface area contributed by atoms with Crippen LogP contribution in [-0.4, -0.2) is 12.7 Å². The molecule has 0 saturated heterocycles. The highest BCUT2D eigenvalue weighted by atomic mass is 19.1. The molecule has 1 amide bonds. The van der Waals surface area contributed by atoms with E-state index in [4.69, 9.17) is 15.2 Å². The van der Waals surface area contributed by atoms with E-state index in [-0.39, 0.29) is 11.2 Å². The van der Waals surface area contributed by atoms with Gasteiger partial charge >= 0.3 is 6.09 Å². The Balaban J connectivity index is 2.04. The van der Waals surface area contributed by atoms with E-state index in [1.54, 1.807) is 0 Å². The van der Waals surface area contributed by atoms with Crippen molar-refractivity contribution >= 4 is 6.09 Å². The Kier molecular flexibility index (Phi) is 4.41. The molecule has 132 valence electrons. The maximum Gasteiger partial charge on any atom is 0.405 e. The van der Waals surface area contributed by atoms with Crippen molar-refractivity contribution in [3.05, 3.63) is 53.3 Å². The molecule has 2 aromatic rings. The van der Waals surface area contributed by atoms with Gasteiger partial charge in [-0.15, -0.1) is 0 Å². The normalized spacial score (nSPS) is 17.8. The van der Waals surface area contributed by atoms with Gasteiger partial charge in [0.25, 0.3) is 0 Å². The van der Waals surface area contributed by atoms with E-state index < -0.39 is 12.2 Å². The summed E-state index contributed by atoms with van der Waals surface area (Å²) in [5.41, 5.74) is 7.76. The number of primary amides is 1. The Morgan fingerprint density at radius 2 is 2.08 bits per heavy atom. The third kappa shape index (κ3) is 3.31. The first kappa shape index (κ1) is 17.3. The number of hydrogen-bond donors (Lipinski definition) is 1. The molecular weight excluding hydrogens is 321 g/mol. The number of rotatable bonds is 4. The molecule has 1 aliphatic carbocycles. The van der Waals surface area contributed by atoms with Crippen LogP contribution in [0.25, 0.3) is 11.1 Å². The van der Waals surface area contributed by atoms with Crippen molar-refractivity contribution in [1.82, 2.24) is 0 Å². The van der Waals surface area contributed by atoms with Crippen LogP contribution in [0.15, 0.2) is 36.4 Å².